The lowest BCUT2D eigenvalue weighted by atomic mass is 9.96. The van der Waals surface area contributed by atoms with E-state index in [9.17, 15) is 9.59 Å². The molecular weight excluding hydrogens is 350 g/mol. The van der Waals surface area contributed by atoms with Gasteiger partial charge in [0.05, 0.1) is 5.69 Å². The third kappa shape index (κ3) is 3.24. The topological polar surface area (TPSA) is 55.2 Å². The standard InChI is InChI=1S/C23H23N3O2/c1-23(2,22(28)25-15-14-17-8-6-7-11-19(17)16-25)26-21(27)13-12-20(24-26)18-9-4-3-5-10-18/h3-13H,14-16H2,1-2H3. The van der Waals surface area contributed by atoms with Crippen LogP contribution < -0.4 is 5.56 Å². The molecule has 1 aliphatic heterocycles. The van der Waals surface area contributed by atoms with Crippen molar-refractivity contribution < 1.29 is 4.79 Å². The van der Waals surface area contributed by atoms with E-state index in [1.165, 1.54) is 16.3 Å². The number of rotatable bonds is 3. The molecule has 142 valence electrons. The Morgan fingerprint density at radius 2 is 1.61 bits per heavy atom. The second-order valence-electron chi connectivity index (χ2n) is 7.64. The first kappa shape index (κ1) is 18.2. The van der Waals surface area contributed by atoms with E-state index in [0.29, 0.717) is 18.8 Å². The van der Waals surface area contributed by atoms with Gasteiger partial charge in [-0.15, -0.1) is 0 Å². The number of hydrogen-bond acceptors (Lipinski definition) is 3. The van der Waals surface area contributed by atoms with E-state index in [-0.39, 0.29) is 11.5 Å². The molecule has 1 aliphatic rings. The van der Waals surface area contributed by atoms with Crippen LogP contribution in [0.25, 0.3) is 11.3 Å². The van der Waals surface area contributed by atoms with Gasteiger partial charge in [-0.25, -0.2) is 4.68 Å². The minimum atomic E-state index is -1.08. The van der Waals surface area contributed by atoms with Gasteiger partial charge in [0, 0.05) is 24.7 Å². The molecule has 2 aromatic carbocycles. The highest BCUT2D eigenvalue weighted by molar-refractivity contribution is 5.84. The fraction of sp³-hybridized carbons (Fsp3) is 0.261. The summed E-state index contributed by atoms with van der Waals surface area (Å²) < 4.78 is 1.32. The first-order valence-corrected chi connectivity index (χ1v) is 9.49. The molecule has 0 N–H and O–H groups in total. The van der Waals surface area contributed by atoms with Crippen LogP contribution in [-0.2, 0) is 23.3 Å². The summed E-state index contributed by atoms with van der Waals surface area (Å²) in [4.78, 5) is 27.7. The van der Waals surface area contributed by atoms with Crippen LogP contribution in [0, 0.1) is 0 Å². The highest BCUT2D eigenvalue weighted by Crippen LogP contribution is 2.24. The summed E-state index contributed by atoms with van der Waals surface area (Å²) in [6, 6.07) is 21.0. The van der Waals surface area contributed by atoms with Gasteiger partial charge in [0.15, 0.2) is 0 Å². The van der Waals surface area contributed by atoms with Crippen molar-refractivity contribution in [2.24, 2.45) is 0 Å². The van der Waals surface area contributed by atoms with Crippen LogP contribution >= 0.6 is 0 Å². The number of benzene rings is 2. The zero-order chi connectivity index (χ0) is 19.7. The highest BCUT2D eigenvalue weighted by atomic mass is 16.2. The minimum absolute atomic E-state index is 0.0955. The van der Waals surface area contributed by atoms with Gasteiger partial charge in [-0.1, -0.05) is 54.6 Å². The van der Waals surface area contributed by atoms with Gasteiger partial charge in [-0.05, 0) is 37.5 Å². The lowest BCUT2D eigenvalue weighted by molar-refractivity contribution is -0.141. The SMILES string of the molecule is CC(C)(C(=O)N1CCc2ccccc2C1)n1nc(-c2ccccc2)ccc1=O. The molecule has 0 spiro atoms. The monoisotopic (exact) mass is 373 g/mol. The molecule has 4 rings (SSSR count). The van der Waals surface area contributed by atoms with Gasteiger partial charge >= 0.3 is 0 Å². The molecule has 0 saturated carbocycles. The molecule has 0 bridgehead atoms. The van der Waals surface area contributed by atoms with Crippen molar-refractivity contribution in [3.63, 3.8) is 0 Å². The van der Waals surface area contributed by atoms with E-state index in [1.54, 1.807) is 19.9 Å². The Morgan fingerprint density at radius 1 is 0.929 bits per heavy atom. The molecule has 0 saturated heterocycles. The van der Waals surface area contributed by atoms with Crippen molar-refractivity contribution >= 4 is 5.91 Å². The molecule has 3 aromatic rings. The van der Waals surface area contributed by atoms with Crippen LogP contribution in [0.5, 0.6) is 0 Å². The molecule has 0 fully saturated rings. The van der Waals surface area contributed by atoms with Gasteiger partial charge in [0.1, 0.15) is 5.54 Å². The normalized spacial score (nSPS) is 13.9. The molecule has 5 nitrogen and oxygen atoms in total. The zero-order valence-electron chi connectivity index (χ0n) is 16.1. The van der Waals surface area contributed by atoms with E-state index in [0.717, 1.165) is 17.5 Å². The summed E-state index contributed by atoms with van der Waals surface area (Å²) >= 11 is 0. The summed E-state index contributed by atoms with van der Waals surface area (Å²) in [6.45, 7) is 4.73. The number of hydrogen-bond donors (Lipinski definition) is 0. The third-order valence-electron chi connectivity index (χ3n) is 5.34. The average Bonchev–Trinajstić information content (AvgIpc) is 2.73. The summed E-state index contributed by atoms with van der Waals surface area (Å²) in [7, 11) is 0. The second kappa shape index (κ2) is 7.08. The van der Waals surface area contributed by atoms with E-state index in [4.69, 9.17) is 0 Å². The summed E-state index contributed by atoms with van der Waals surface area (Å²) in [5.74, 6) is -0.0955. The van der Waals surface area contributed by atoms with Gasteiger partial charge in [-0.2, -0.15) is 5.10 Å². The maximum absolute atomic E-state index is 13.4. The van der Waals surface area contributed by atoms with Crippen LogP contribution in [-0.4, -0.2) is 27.1 Å². The molecule has 1 amide bonds. The van der Waals surface area contributed by atoms with Crippen LogP contribution in [0.3, 0.4) is 0 Å². The Kier molecular flexibility index (Phi) is 4.59. The largest absolute Gasteiger partial charge is 0.336 e. The van der Waals surface area contributed by atoms with Crippen molar-refractivity contribution in [1.82, 2.24) is 14.7 Å². The van der Waals surface area contributed by atoms with E-state index >= 15 is 0 Å². The van der Waals surface area contributed by atoms with Crippen molar-refractivity contribution in [3.8, 4) is 11.3 Å². The molecule has 1 aromatic heterocycles. The Morgan fingerprint density at radius 3 is 2.36 bits per heavy atom. The Labute approximate surface area is 164 Å². The van der Waals surface area contributed by atoms with E-state index in [2.05, 4.69) is 17.2 Å². The molecule has 2 heterocycles. The fourth-order valence-corrected chi connectivity index (χ4v) is 3.72. The van der Waals surface area contributed by atoms with Crippen molar-refractivity contribution in [2.45, 2.75) is 32.4 Å². The molecule has 28 heavy (non-hydrogen) atoms. The van der Waals surface area contributed by atoms with E-state index < -0.39 is 5.54 Å². The lowest BCUT2D eigenvalue weighted by Gasteiger charge is -2.35. The summed E-state index contributed by atoms with van der Waals surface area (Å²) in [5.41, 5.74) is 2.67. The number of carbonyl (C=O) groups is 1. The predicted molar refractivity (Wildman–Crippen MR) is 109 cm³/mol. The minimum Gasteiger partial charge on any atom is -0.336 e. The maximum Gasteiger partial charge on any atom is 0.267 e. The van der Waals surface area contributed by atoms with Crippen LogP contribution in [0.4, 0.5) is 0 Å². The average molecular weight is 373 g/mol. The Hall–Kier alpha value is -3.21. The fourth-order valence-electron chi connectivity index (χ4n) is 3.72. The Balaban J connectivity index is 1.67. The van der Waals surface area contributed by atoms with E-state index in [1.807, 2.05) is 47.4 Å². The van der Waals surface area contributed by atoms with Crippen molar-refractivity contribution in [3.05, 3.63) is 88.2 Å². The first-order valence-electron chi connectivity index (χ1n) is 9.49. The molecule has 5 heteroatoms. The highest BCUT2D eigenvalue weighted by Gasteiger charge is 2.37. The van der Waals surface area contributed by atoms with Gasteiger partial charge in [0.2, 0.25) is 5.91 Å². The van der Waals surface area contributed by atoms with Crippen LogP contribution in [0.2, 0.25) is 0 Å². The molecule has 0 aliphatic carbocycles. The second-order valence-corrected chi connectivity index (χ2v) is 7.64. The molecular formula is C23H23N3O2. The first-order chi connectivity index (χ1) is 13.5. The molecule has 0 radical (unpaired) electrons. The molecule has 0 unspecified atom stereocenters. The maximum atomic E-state index is 13.4. The van der Waals surface area contributed by atoms with Gasteiger partial charge < -0.3 is 4.90 Å². The zero-order valence-corrected chi connectivity index (χ0v) is 16.1. The summed E-state index contributed by atoms with van der Waals surface area (Å²) in [6.07, 6.45) is 0.824. The smallest absolute Gasteiger partial charge is 0.267 e. The Bertz CT molecular complexity index is 1070. The lowest BCUT2D eigenvalue weighted by Crippen LogP contribution is -2.52. The third-order valence-corrected chi connectivity index (χ3v) is 5.34. The van der Waals surface area contributed by atoms with Crippen molar-refractivity contribution in [1.29, 1.82) is 0 Å². The number of carbonyl (C=O) groups excluding carboxylic acids is 1. The quantitative estimate of drug-likeness (QED) is 0.708. The van der Waals surface area contributed by atoms with Crippen LogP contribution in [0.15, 0.2) is 71.5 Å². The number of fused-ring (bicyclic) bond motifs is 1. The predicted octanol–water partition coefficient (Wildman–Crippen LogP) is 3.23. The number of aromatic nitrogens is 2. The molecule has 0 atom stereocenters. The number of amides is 1. The van der Waals surface area contributed by atoms with Gasteiger partial charge in [-0.3, -0.25) is 9.59 Å². The number of nitrogens with zero attached hydrogens (tertiary/aromatic N) is 3. The van der Waals surface area contributed by atoms with Crippen molar-refractivity contribution in [2.75, 3.05) is 6.54 Å². The van der Waals surface area contributed by atoms with Gasteiger partial charge in [0.25, 0.3) is 5.56 Å². The van der Waals surface area contributed by atoms with Crippen LogP contribution in [0.1, 0.15) is 25.0 Å². The summed E-state index contributed by atoms with van der Waals surface area (Å²) in [5, 5.41) is 4.53.